The number of hydrogen-bond acceptors (Lipinski definition) is 5. The Kier molecular flexibility index (Phi) is 5.55. The van der Waals surface area contributed by atoms with Crippen molar-refractivity contribution in [1.82, 2.24) is 0 Å². The van der Waals surface area contributed by atoms with Crippen LogP contribution in [0.15, 0.2) is 82.6 Å². The number of rotatable bonds is 6. The number of nitrogens with two attached hydrogens (primary N) is 1. The van der Waals surface area contributed by atoms with Crippen molar-refractivity contribution in [2.75, 3.05) is 7.11 Å². The first-order valence-corrected chi connectivity index (χ1v) is 11.5. The molecule has 0 aliphatic rings. The molecule has 28 heavy (non-hydrogen) atoms. The lowest BCUT2D eigenvalue weighted by molar-refractivity contribution is 0.415. The molecule has 2 N–H and O–H groups in total. The van der Waals surface area contributed by atoms with E-state index in [4.69, 9.17) is 9.88 Å². The van der Waals surface area contributed by atoms with Gasteiger partial charge in [-0.25, -0.2) is 22.0 Å². The molecule has 0 bridgehead atoms. The smallest absolute Gasteiger partial charge is 0.213 e. The molecule has 0 unspecified atom stereocenters. The van der Waals surface area contributed by atoms with Crippen LogP contribution in [0.4, 0.5) is 0 Å². The summed E-state index contributed by atoms with van der Waals surface area (Å²) in [7, 11) is -6.17. The third-order valence-corrected chi connectivity index (χ3v) is 6.79. The van der Waals surface area contributed by atoms with Gasteiger partial charge in [-0.15, -0.1) is 0 Å². The van der Waals surface area contributed by atoms with Gasteiger partial charge in [0.1, 0.15) is 5.75 Å². The van der Waals surface area contributed by atoms with Gasteiger partial charge in [0.2, 0.25) is 19.9 Å². The molecular weight excluding hydrogens is 398 g/mol. The minimum atomic E-state index is -3.89. The van der Waals surface area contributed by atoms with Crippen molar-refractivity contribution in [3.63, 3.8) is 0 Å². The summed E-state index contributed by atoms with van der Waals surface area (Å²) in [5.41, 5.74) is 1.91. The van der Waals surface area contributed by atoms with Crippen molar-refractivity contribution in [2.24, 2.45) is 5.14 Å². The number of methoxy groups -OCH3 is 1. The maximum atomic E-state index is 13.0. The van der Waals surface area contributed by atoms with E-state index >= 15 is 0 Å². The quantitative estimate of drug-likeness (QED) is 0.664. The Labute approximate surface area is 164 Å². The average molecular weight is 418 g/mol. The number of sulfone groups is 1. The Morgan fingerprint density at radius 1 is 0.786 bits per heavy atom. The number of ether oxygens (including phenoxy) is 1. The van der Waals surface area contributed by atoms with Crippen molar-refractivity contribution in [3.8, 4) is 16.9 Å². The standard InChI is InChI=1S/C20H19NO5S2/c1-26-18-10-6-15(7-11-18)16-8-12-19(13-9-16)28(24,25)20-5-3-2-4-17(20)14-27(21,22)23/h2-13H,14H2,1H3,(H2,21,22,23). The molecule has 8 heteroatoms. The van der Waals surface area contributed by atoms with Gasteiger partial charge in [0.05, 0.1) is 22.7 Å². The van der Waals surface area contributed by atoms with Crippen LogP contribution in [-0.4, -0.2) is 23.9 Å². The highest BCUT2D eigenvalue weighted by Gasteiger charge is 2.22. The SMILES string of the molecule is COc1ccc(-c2ccc(S(=O)(=O)c3ccccc3CS(N)(=O)=O)cc2)cc1. The zero-order chi connectivity index (χ0) is 20.4. The van der Waals surface area contributed by atoms with Crippen LogP contribution >= 0.6 is 0 Å². The Balaban J connectivity index is 1.97. The fourth-order valence-electron chi connectivity index (χ4n) is 2.84. The normalized spacial score (nSPS) is 11.9. The molecule has 0 saturated carbocycles. The molecule has 3 aromatic carbocycles. The van der Waals surface area contributed by atoms with Crippen LogP contribution in [0.25, 0.3) is 11.1 Å². The van der Waals surface area contributed by atoms with Gasteiger partial charge in [-0.2, -0.15) is 0 Å². The van der Waals surface area contributed by atoms with E-state index in [-0.39, 0.29) is 15.4 Å². The molecule has 0 aromatic heterocycles. The monoisotopic (exact) mass is 417 g/mol. The minimum Gasteiger partial charge on any atom is -0.497 e. The van der Waals surface area contributed by atoms with E-state index in [9.17, 15) is 16.8 Å². The first kappa shape index (κ1) is 20.1. The van der Waals surface area contributed by atoms with Crippen molar-refractivity contribution in [1.29, 1.82) is 0 Å². The Bertz CT molecular complexity index is 1180. The van der Waals surface area contributed by atoms with E-state index < -0.39 is 25.6 Å². The first-order chi connectivity index (χ1) is 13.2. The van der Waals surface area contributed by atoms with E-state index in [1.165, 1.54) is 24.3 Å². The molecule has 0 heterocycles. The predicted octanol–water partition coefficient (Wildman–Crippen LogP) is 2.98. The number of sulfonamides is 1. The van der Waals surface area contributed by atoms with Gasteiger partial charge in [-0.3, -0.25) is 0 Å². The summed E-state index contributed by atoms with van der Waals surface area (Å²) < 4.78 is 54.0. The van der Waals surface area contributed by atoms with Crippen LogP contribution in [0, 0.1) is 0 Å². The topological polar surface area (TPSA) is 104 Å². The van der Waals surface area contributed by atoms with Gasteiger partial charge in [0.15, 0.2) is 0 Å². The molecule has 0 aliphatic carbocycles. The molecule has 3 aromatic rings. The van der Waals surface area contributed by atoms with Crippen molar-refractivity contribution < 1.29 is 21.6 Å². The highest BCUT2D eigenvalue weighted by Crippen LogP contribution is 2.28. The molecule has 0 saturated heterocycles. The van der Waals surface area contributed by atoms with E-state index in [2.05, 4.69) is 0 Å². The van der Waals surface area contributed by atoms with E-state index in [0.717, 1.165) is 16.9 Å². The van der Waals surface area contributed by atoms with Gasteiger partial charge in [0.25, 0.3) is 0 Å². The van der Waals surface area contributed by atoms with Gasteiger partial charge in [0, 0.05) is 0 Å². The molecule has 6 nitrogen and oxygen atoms in total. The molecule has 0 radical (unpaired) electrons. The largest absolute Gasteiger partial charge is 0.497 e. The third kappa shape index (κ3) is 4.41. The van der Waals surface area contributed by atoms with Gasteiger partial charge < -0.3 is 4.74 Å². The number of hydrogen-bond donors (Lipinski definition) is 1. The number of primary sulfonamides is 1. The highest BCUT2D eigenvalue weighted by molar-refractivity contribution is 7.91. The lowest BCUT2D eigenvalue weighted by Gasteiger charge is -2.11. The van der Waals surface area contributed by atoms with Crippen molar-refractivity contribution >= 4 is 19.9 Å². The Hall–Kier alpha value is -2.68. The molecule has 146 valence electrons. The fraction of sp³-hybridized carbons (Fsp3) is 0.100. The average Bonchev–Trinajstić information content (AvgIpc) is 2.67. The van der Waals surface area contributed by atoms with Crippen LogP contribution in [0.3, 0.4) is 0 Å². The molecule has 3 rings (SSSR count). The van der Waals surface area contributed by atoms with E-state index in [0.29, 0.717) is 0 Å². The summed E-state index contributed by atoms with van der Waals surface area (Å²) in [5, 5.41) is 5.09. The van der Waals surface area contributed by atoms with E-state index in [1.54, 1.807) is 31.4 Å². The van der Waals surface area contributed by atoms with Crippen LogP contribution in [-0.2, 0) is 25.6 Å². The molecule has 0 aliphatic heterocycles. The molecular formula is C20H19NO5S2. The second kappa shape index (κ2) is 7.75. The van der Waals surface area contributed by atoms with Gasteiger partial charge in [-0.1, -0.05) is 42.5 Å². The van der Waals surface area contributed by atoms with Crippen molar-refractivity contribution in [3.05, 3.63) is 78.4 Å². The third-order valence-electron chi connectivity index (χ3n) is 4.21. The number of benzene rings is 3. The van der Waals surface area contributed by atoms with Gasteiger partial charge in [-0.05, 0) is 47.0 Å². The second-order valence-corrected chi connectivity index (χ2v) is 9.70. The summed E-state index contributed by atoms with van der Waals surface area (Å²) in [4.78, 5) is 0.00727. The molecule has 0 amide bonds. The van der Waals surface area contributed by atoms with Gasteiger partial charge >= 0.3 is 0 Å². The molecule has 0 atom stereocenters. The maximum Gasteiger partial charge on any atom is 0.213 e. The van der Waals surface area contributed by atoms with E-state index in [1.807, 2.05) is 24.3 Å². The van der Waals surface area contributed by atoms with Crippen LogP contribution < -0.4 is 9.88 Å². The fourth-order valence-corrected chi connectivity index (χ4v) is 5.11. The van der Waals surface area contributed by atoms with Crippen LogP contribution in [0.1, 0.15) is 5.56 Å². The summed E-state index contributed by atoms with van der Waals surface area (Å²) >= 11 is 0. The lowest BCUT2D eigenvalue weighted by Crippen LogP contribution is -2.16. The zero-order valence-corrected chi connectivity index (χ0v) is 16.7. The summed E-state index contributed by atoms with van der Waals surface area (Å²) in [6.07, 6.45) is 0. The second-order valence-electron chi connectivity index (χ2n) is 6.17. The maximum absolute atomic E-state index is 13.0. The van der Waals surface area contributed by atoms with Crippen molar-refractivity contribution in [2.45, 2.75) is 15.5 Å². The summed E-state index contributed by atoms with van der Waals surface area (Å²) in [5.74, 6) is 0.182. The van der Waals surface area contributed by atoms with Crippen LogP contribution in [0.2, 0.25) is 0 Å². The highest BCUT2D eigenvalue weighted by atomic mass is 32.2. The summed E-state index contributed by atoms with van der Waals surface area (Å²) in [6, 6.07) is 19.8. The minimum absolute atomic E-state index is 0.0683. The Morgan fingerprint density at radius 3 is 1.86 bits per heavy atom. The van der Waals surface area contributed by atoms with Crippen LogP contribution in [0.5, 0.6) is 5.75 Å². The molecule has 0 fully saturated rings. The lowest BCUT2D eigenvalue weighted by atomic mass is 10.1. The zero-order valence-electron chi connectivity index (χ0n) is 15.1. The molecule has 0 spiro atoms. The Morgan fingerprint density at radius 2 is 1.32 bits per heavy atom. The summed E-state index contributed by atoms with van der Waals surface area (Å²) in [6.45, 7) is 0. The predicted molar refractivity (Wildman–Crippen MR) is 107 cm³/mol. The first-order valence-electron chi connectivity index (χ1n) is 8.29.